The summed E-state index contributed by atoms with van der Waals surface area (Å²) in [6.45, 7) is 0. The molecule has 1 fully saturated rings. The highest BCUT2D eigenvalue weighted by Crippen LogP contribution is 2.45. The minimum atomic E-state index is -3.39. The van der Waals surface area contributed by atoms with E-state index in [-0.39, 0.29) is 16.6 Å². The fourth-order valence-corrected chi connectivity index (χ4v) is 6.41. The molecule has 0 spiro atoms. The van der Waals surface area contributed by atoms with Crippen molar-refractivity contribution < 1.29 is 23.1 Å². The molecule has 9 heteroatoms. The molecule has 4 aromatic rings. The van der Waals surface area contributed by atoms with Gasteiger partial charge in [-0.05, 0) is 70.8 Å². The topological polar surface area (TPSA) is 83.9 Å². The lowest BCUT2D eigenvalue weighted by molar-refractivity contribution is -0.113. The Kier molecular flexibility index (Phi) is 7.31. The van der Waals surface area contributed by atoms with Gasteiger partial charge in [-0.25, -0.2) is 8.42 Å². The molecule has 1 aliphatic rings. The van der Waals surface area contributed by atoms with Crippen molar-refractivity contribution in [2.75, 3.05) is 18.3 Å². The van der Waals surface area contributed by atoms with E-state index in [1.54, 1.807) is 37.4 Å². The second kappa shape index (κ2) is 10.7. The van der Waals surface area contributed by atoms with Gasteiger partial charge in [-0.3, -0.25) is 9.69 Å². The molecule has 0 radical (unpaired) electrons. The van der Waals surface area contributed by atoms with Gasteiger partial charge in [-0.1, -0.05) is 72.5 Å². The number of hydrogen-bond acceptors (Lipinski definition) is 7. The number of thiocarbonyl (C=S) groups is 1. The van der Waals surface area contributed by atoms with E-state index in [2.05, 4.69) is 0 Å². The van der Waals surface area contributed by atoms with Gasteiger partial charge in [0.1, 0.15) is 11.5 Å². The van der Waals surface area contributed by atoms with Crippen LogP contribution < -0.4 is 9.64 Å². The number of nitrogens with zero attached hydrogens (tertiary/aromatic N) is 1. The second-order valence-corrected chi connectivity index (χ2v) is 12.5. The highest BCUT2D eigenvalue weighted by Gasteiger charge is 2.37. The van der Waals surface area contributed by atoms with Crippen LogP contribution in [0.2, 0.25) is 0 Å². The highest BCUT2D eigenvalue weighted by atomic mass is 32.2. The van der Waals surface area contributed by atoms with Crippen LogP contribution in [-0.4, -0.2) is 37.1 Å². The number of anilines is 1. The lowest BCUT2D eigenvalue weighted by Crippen LogP contribution is -2.27. The summed E-state index contributed by atoms with van der Waals surface area (Å²) in [5, 5.41) is 10.2. The largest absolute Gasteiger partial charge is 0.508 e. The van der Waals surface area contributed by atoms with Crippen LogP contribution in [0, 0.1) is 0 Å². The molecular weight excluding hydrogens is 551 g/mol. The van der Waals surface area contributed by atoms with Gasteiger partial charge < -0.3 is 9.84 Å². The van der Waals surface area contributed by atoms with Crippen LogP contribution in [-0.2, 0) is 14.6 Å². The maximum atomic E-state index is 14.0. The van der Waals surface area contributed by atoms with Crippen LogP contribution >= 0.6 is 24.0 Å². The first-order valence-electron chi connectivity index (χ1n) is 11.8. The summed E-state index contributed by atoms with van der Waals surface area (Å²) in [4.78, 5) is 16.0. The second-order valence-electron chi connectivity index (χ2n) is 8.81. The first-order chi connectivity index (χ1) is 18.7. The molecule has 0 atom stereocenters. The van der Waals surface area contributed by atoms with Crippen molar-refractivity contribution in [2.24, 2.45) is 0 Å². The van der Waals surface area contributed by atoms with E-state index in [1.807, 2.05) is 54.6 Å². The first-order valence-corrected chi connectivity index (χ1v) is 14.9. The number of aromatic hydroxyl groups is 1. The van der Waals surface area contributed by atoms with Gasteiger partial charge in [-0.2, -0.15) is 0 Å². The zero-order chi connectivity index (χ0) is 27.7. The summed E-state index contributed by atoms with van der Waals surface area (Å²) in [7, 11) is -1.80. The fraction of sp³-hybridized carbons (Fsp3) is 0.0667. The van der Waals surface area contributed by atoms with E-state index in [0.29, 0.717) is 26.2 Å². The number of ether oxygens (including phenoxy) is 1. The highest BCUT2D eigenvalue weighted by molar-refractivity contribution is 8.27. The number of thioether (sulfide) groups is 1. The summed E-state index contributed by atoms with van der Waals surface area (Å²) < 4.78 is 29.7. The number of hydrogen-bond donors (Lipinski definition) is 1. The third-order valence-corrected chi connectivity index (χ3v) is 8.74. The van der Waals surface area contributed by atoms with Gasteiger partial charge in [-0.15, -0.1) is 0 Å². The van der Waals surface area contributed by atoms with Crippen molar-refractivity contribution in [3.63, 3.8) is 0 Å². The third-order valence-electron chi connectivity index (χ3n) is 6.24. The summed E-state index contributed by atoms with van der Waals surface area (Å²) in [5.41, 5.74) is 4.27. The number of sulfone groups is 1. The molecule has 1 saturated heterocycles. The quantitative estimate of drug-likeness (QED) is 0.214. The fourth-order valence-electron chi connectivity index (χ4n) is 4.38. The number of carbonyl (C=O) groups is 1. The smallest absolute Gasteiger partial charge is 0.271 e. The number of phenolic OH excluding ortho intramolecular Hbond substituents is 1. The lowest BCUT2D eigenvalue weighted by atomic mass is 9.89. The van der Waals surface area contributed by atoms with E-state index in [0.717, 1.165) is 28.5 Å². The minimum Gasteiger partial charge on any atom is -0.508 e. The number of phenols is 1. The molecule has 39 heavy (non-hydrogen) atoms. The molecule has 0 unspecified atom stereocenters. The molecule has 0 aromatic heterocycles. The van der Waals surface area contributed by atoms with Crippen LogP contribution in [0.15, 0.2) is 107 Å². The van der Waals surface area contributed by atoms with Crippen molar-refractivity contribution in [3.8, 4) is 22.6 Å². The van der Waals surface area contributed by atoms with E-state index >= 15 is 0 Å². The van der Waals surface area contributed by atoms with Crippen molar-refractivity contribution in [3.05, 3.63) is 113 Å². The molecule has 0 saturated carbocycles. The number of amides is 1. The maximum Gasteiger partial charge on any atom is 0.271 e. The molecule has 0 aliphatic carbocycles. The summed E-state index contributed by atoms with van der Waals surface area (Å²) >= 11 is 6.84. The number of rotatable bonds is 6. The molecule has 5 rings (SSSR count). The van der Waals surface area contributed by atoms with Crippen LogP contribution in [0.1, 0.15) is 11.1 Å². The number of methoxy groups -OCH3 is 1. The van der Waals surface area contributed by atoms with Gasteiger partial charge in [0.25, 0.3) is 5.91 Å². The number of carbonyl (C=O) groups excluding carboxylic acids is 1. The Morgan fingerprint density at radius 2 is 1.64 bits per heavy atom. The Morgan fingerprint density at radius 1 is 0.923 bits per heavy atom. The van der Waals surface area contributed by atoms with Crippen LogP contribution in [0.5, 0.6) is 11.5 Å². The molecule has 1 heterocycles. The van der Waals surface area contributed by atoms with Crippen molar-refractivity contribution >= 4 is 55.3 Å². The summed E-state index contributed by atoms with van der Waals surface area (Å²) in [5.74, 6) is 0.433. The predicted molar refractivity (Wildman–Crippen MR) is 160 cm³/mol. The molecule has 6 nitrogen and oxygen atoms in total. The Morgan fingerprint density at radius 3 is 2.28 bits per heavy atom. The average molecular weight is 574 g/mol. The zero-order valence-electron chi connectivity index (χ0n) is 21.0. The molecule has 1 aliphatic heterocycles. The van der Waals surface area contributed by atoms with Gasteiger partial charge >= 0.3 is 0 Å². The predicted octanol–water partition coefficient (Wildman–Crippen LogP) is 6.30. The van der Waals surface area contributed by atoms with E-state index in [4.69, 9.17) is 17.0 Å². The minimum absolute atomic E-state index is 0.117. The number of benzene rings is 4. The standard InChI is InChI=1S/C30H23NO5S3/c1-36-23-13-16-25(26(18-23)20-9-6-10-22(32)17-20)27(19-7-4-3-5-8-19)28-29(33)31(30(37)38-28)21-11-14-24(15-12-21)39(2,34)35/h3-18,32H,1-2H3. The summed E-state index contributed by atoms with van der Waals surface area (Å²) in [6, 6.07) is 28.2. The van der Waals surface area contributed by atoms with Gasteiger partial charge in [0, 0.05) is 11.8 Å². The Balaban J connectivity index is 1.72. The monoisotopic (exact) mass is 573 g/mol. The molecular formula is C30H23NO5S3. The van der Waals surface area contributed by atoms with Gasteiger partial charge in [0.2, 0.25) is 0 Å². The average Bonchev–Trinajstić information content (AvgIpc) is 3.22. The van der Waals surface area contributed by atoms with E-state index < -0.39 is 9.84 Å². The molecule has 0 bridgehead atoms. The molecule has 196 valence electrons. The van der Waals surface area contributed by atoms with Gasteiger partial charge in [0.15, 0.2) is 14.2 Å². The van der Waals surface area contributed by atoms with Crippen molar-refractivity contribution in [1.82, 2.24) is 0 Å². The van der Waals surface area contributed by atoms with Crippen molar-refractivity contribution in [2.45, 2.75) is 4.90 Å². The van der Waals surface area contributed by atoms with E-state index in [9.17, 15) is 18.3 Å². The Labute approximate surface area is 236 Å². The van der Waals surface area contributed by atoms with E-state index in [1.165, 1.54) is 28.8 Å². The molecule has 1 N–H and O–H groups in total. The summed E-state index contributed by atoms with van der Waals surface area (Å²) in [6.07, 6.45) is 1.13. The normalized spacial score (nSPS) is 15.0. The third kappa shape index (κ3) is 5.34. The Bertz CT molecular complexity index is 1730. The lowest BCUT2D eigenvalue weighted by Gasteiger charge is -2.18. The van der Waals surface area contributed by atoms with Crippen LogP contribution in [0.4, 0.5) is 5.69 Å². The van der Waals surface area contributed by atoms with Gasteiger partial charge in [0.05, 0.1) is 22.6 Å². The Hall–Kier alpha value is -3.92. The maximum absolute atomic E-state index is 14.0. The SMILES string of the molecule is COc1ccc(C(=C2SC(=S)N(c3ccc(S(C)(=O)=O)cc3)C2=O)c2ccccc2)c(-c2cccc(O)c2)c1. The molecule has 1 amide bonds. The molecule has 4 aromatic carbocycles. The van der Waals surface area contributed by atoms with Crippen molar-refractivity contribution in [1.29, 1.82) is 0 Å². The van der Waals surface area contributed by atoms with Crippen LogP contribution in [0.3, 0.4) is 0 Å². The first kappa shape index (κ1) is 26.7. The van der Waals surface area contributed by atoms with Crippen LogP contribution in [0.25, 0.3) is 16.7 Å². The zero-order valence-corrected chi connectivity index (χ0v) is 23.4.